The summed E-state index contributed by atoms with van der Waals surface area (Å²) >= 11 is 0. The Kier molecular flexibility index (Phi) is 3.79. The van der Waals surface area contributed by atoms with Crippen LogP contribution in [0.2, 0.25) is 0 Å². The number of ketones is 1. The Morgan fingerprint density at radius 2 is 1.90 bits per heavy atom. The summed E-state index contributed by atoms with van der Waals surface area (Å²) in [6, 6.07) is 5.24. The summed E-state index contributed by atoms with van der Waals surface area (Å²) in [5.41, 5.74) is 5.93. The van der Waals surface area contributed by atoms with E-state index >= 15 is 0 Å². The fourth-order valence-electron chi connectivity index (χ4n) is 2.74. The zero-order chi connectivity index (χ0) is 14.8. The summed E-state index contributed by atoms with van der Waals surface area (Å²) in [5.74, 6) is 1.05. The standard InChI is InChI=1S/C15H18N2O4/c16-15(19)10-3-5-17(6-4-10)8-12(18)11-1-2-13-14(7-11)21-9-20-13/h1-2,7,10H,3-6,8-9H2,(H2,16,19). The van der Waals surface area contributed by atoms with E-state index in [9.17, 15) is 9.59 Å². The molecule has 6 heteroatoms. The first kappa shape index (κ1) is 13.9. The third-order valence-corrected chi connectivity index (χ3v) is 4.05. The van der Waals surface area contributed by atoms with E-state index in [-0.39, 0.29) is 24.4 Å². The van der Waals surface area contributed by atoms with Crippen LogP contribution >= 0.6 is 0 Å². The predicted octanol–water partition coefficient (Wildman–Crippen LogP) is 0.795. The van der Waals surface area contributed by atoms with E-state index in [1.165, 1.54) is 0 Å². The molecule has 1 amide bonds. The van der Waals surface area contributed by atoms with Gasteiger partial charge in [0.15, 0.2) is 17.3 Å². The highest BCUT2D eigenvalue weighted by molar-refractivity contribution is 5.98. The minimum Gasteiger partial charge on any atom is -0.454 e. The molecule has 0 radical (unpaired) electrons. The molecule has 3 rings (SSSR count). The maximum atomic E-state index is 12.3. The first-order valence-electron chi connectivity index (χ1n) is 7.08. The summed E-state index contributed by atoms with van der Waals surface area (Å²) in [6.45, 7) is 2.01. The van der Waals surface area contributed by atoms with Gasteiger partial charge in [-0.3, -0.25) is 14.5 Å². The molecule has 112 valence electrons. The van der Waals surface area contributed by atoms with Crippen molar-refractivity contribution in [2.75, 3.05) is 26.4 Å². The summed E-state index contributed by atoms with van der Waals surface area (Å²) in [7, 11) is 0. The average molecular weight is 290 g/mol. The van der Waals surface area contributed by atoms with Crippen LogP contribution in [0.1, 0.15) is 23.2 Å². The lowest BCUT2D eigenvalue weighted by Gasteiger charge is -2.29. The van der Waals surface area contributed by atoms with Crippen LogP contribution in [0.4, 0.5) is 0 Å². The second kappa shape index (κ2) is 5.73. The maximum Gasteiger partial charge on any atom is 0.231 e. The van der Waals surface area contributed by atoms with Gasteiger partial charge in [-0.2, -0.15) is 0 Å². The molecule has 2 N–H and O–H groups in total. The molecule has 2 aliphatic heterocycles. The van der Waals surface area contributed by atoms with Gasteiger partial charge in [-0.25, -0.2) is 0 Å². The molecule has 0 aromatic heterocycles. The van der Waals surface area contributed by atoms with Crippen molar-refractivity contribution >= 4 is 11.7 Å². The molecule has 0 bridgehead atoms. The van der Waals surface area contributed by atoms with Gasteiger partial charge in [-0.15, -0.1) is 0 Å². The van der Waals surface area contributed by atoms with Gasteiger partial charge in [-0.05, 0) is 44.1 Å². The number of Topliss-reactive ketones (excluding diaryl/α,β-unsaturated/α-hetero) is 1. The number of carbonyl (C=O) groups is 2. The molecule has 1 aromatic carbocycles. The smallest absolute Gasteiger partial charge is 0.231 e. The molecule has 6 nitrogen and oxygen atoms in total. The number of benzene rings is 1. The number of hydrogen-bond acceptors (Lipinski definition) is 5. The Balaban J connectivity index is 1.58. The van der Waals surface area contributed by atoms with Crippen LogP contribution in [-0.2, 0) is 4.79 Å². The molecule has 2 aliphatic rings. The number of fused-ring (bicyclic) bond motifs is 1. The van der Waals surface area contributed by atoms with Gasteiger partial charge >= 0.3 is 0 Å². The van der Waals surface area contributed by atoms with Crippen LogP contribution in [0.25, 0.3) is 0 Å². The van der Waals surface area contributed by atoms with Crippen LogP contribution in [0, 0.1) is 5.92 Å². The average Bonchev–Trinajstić information content (AvgIpc) is 2.95. The van der Waals surface area contributed by atoms with Gasteiger partial charge in [0.2, 0.25) is 12.7 Å². The number of piperidine rings is 1. The van der Waals surface area contributed by atoms with E-state index in [0.717, 1.165) is 25.9 Å². The van der Waals surface area contributed by atoms with Crippen molar-refractivity contribution in [1.29, 1.82) is 0 Å². The molecule has 2 heterocycles. The molecular weight excluding hydrogens is 272 g/mol. The van der Waals surface area contributed by atoms with E-state index in [4.69, 9.17) is 15.2 Å². The normalized spacial score (nSPS) is 18.7. The number of carbonyl (C=O) groups excluding carboxylic acids is 2. The van der Waals surface area contributed by atoms with Gasteiger partial charge in [0.05, 0.1) is 6.54 Å². The van der Waals surface area contributed by atoms with Gasteiger partial charge in [0.1, 0.15) is 0 Å². The Hall–Kier alpha value is -2.08. The van der Waals surface area contributed by atoms with Gasteiger partial charge in [0, 0.05) is 11.5 Å². The van der Waals surface area contributed by atoms with E-state index in [2.05, 4.69) is 4.90 Å². The molecule has 0 aliphatic carbocycles. The SMILES string of the molecule is NC(=O)C1CCN(CC(=O)c2ccc3c(c2)OCO3)CC1. The van der Waals surface area contributed by atoms with Crippen molar-refractivity contribution < 1.29 is 19.1 Å². The Morgan fingerprint density at radius 1 is 1.19 bits per heavy atom. The summed E-state index contributed by atoms with van der Waals surface area (Å²) in [5, 5.41) is 0. The summed E-state index contributed by atoms with van der Waals surface area (Å²) in [6.07, 6.45) is 1.45. The highest BCUT2D eigenvalue weighted by Gasteiger charge is 2.25. The Morgan fingerprint density at radius 3 is 2.62 bits per heavy atom. The van der Waals surface area contributed by atoms with E-state index in [0.29, 0.717) is 23.6 Å². The van der Waals surface area contributed by atoms with Gasteiger partial charge < -0.3 is 15.2 Å². The van der Waals surface area contributed by atoms with Crippen LogP contribution < -0.4 is 15.2 Å². The Labute approximate surface area is 122 Å². The summed E-state index contributed by atoms with van der Waals surface area (Å²) < 4.78 is 10.5. The number of ether oxygens (including phenoxy) is 2. The molecule has 1 saturated heterocycles. The van der Waals surface area contributed by atoms with Crippen LogP contribution in [-0.4, -0.2) is 43.0 Å². The van der Waals surface area contributed by atoms with Crippen LogP contribution in [0.5, 0.6) is 11.5 Å². The van der Waals surface area contributed by atoms with Crippen molar-refractivity contribution in [3.63, 3.8) is 0 Å². The molecule has 1 fully saturated rings. The van der Waals surface area contributed by atoms with E-state index < -0.39 is 0 Å². The number of likely N-dealkylation sites (tertiary alicyclic amines) is 1. The van der Waals surface area contributed by atoms with E-state index in [1.807, 2.05) is 0 Å². The predicted molar refractivity (Wildman–Crippen MR) is 75.3 cm³/mol. The van der Waals surface area contributed by atoms with Crippen molar-refractivity contribution in [3.05, 3.63) is 23.8 Å². The maximum absolute atomic E-state index is 12.3. The highest BCUT2D eigenvalue weighted by atomic mass is 16.7. The van der Waals surface area contributed by atoms with Crippen LogP contribution in [0.3, 0.4) is 0 Å². The lowest BCUT2D eigenvalue weighted by atomic mass is 9.96. The summed E-state index contributed by atoms with van der Waals surface area (Å²) in [4.78, 5) is 25.5. The molecule has 0 spiro atoms. The molecule has 0 atom stereocenters. The molecule has 21 heavy (non-hydrogen) atoms. The first-order valence-corrected chi connectivity index (χ1v) is 7.08. The van der Waals surface area contributed by atoms with Gasteiger partial charge in [-0.1, -0.05) is 0 Å². The molecular formula is C15H18N2O4. The highest BCUT2D eigenvalue weighted by Crippen LogP contribution is 2.32. The van der Waals surface area contributed by atoms with Crippen molar-refractivity contribution in [2.24, 2.45) is 11.7 Å². The number of rotatable bonds is 4. The lowest BCUT2D eigenvalue weighted by molar-refractivity contribution is -0.123. The number of nitrogens with zero attached hydrogens (tertiary/aromatic N) is 1. The van der Waals surface area contributed by atoms with Crippen molar-refractivity contribution in [1.82, 2.24) is 4.90 Å². The monoisotopic (exact) mass is 290 g/mol. The minimum absolute atomic E-state index is 0.0471. The largest absolute Gasteiger partial charge is 0.454 e. The second-order valence-electron chi connectivity index (χ2n) is 5.44. The molecule has 0 unspecified atom stereocenters. The quantitative estimate of drug-likeness (QED) is 0.829. The third-order valence-electron chi connectivity index (χ3n) is 4.05. The van der Waals surface area contributed by atoms with Crippen LogP contribution in [0.15, 0.2) is 18.2 Å². The number of nitrogens with two attached hydrogens (primary N) is 1. The van der Waals surface area contributed by atoms with Crippen molar-refractivity contribution in [3.8, 4) is 11.5 Å². The van der Waals surface area contributed by atoms with Gasteiger partial charge in [0.25, 0.3) is 0 Å². The zero-order valence-electron chi connectivity index (χ0n) is 11.7. The van der Waals surface area contributed by atoms with E-state index in [1.54, 1.807) is 18.2 Å². The topological polar surface area (TPSA) is 81.9 Å². The molecule has 0 saturated carbocycles. The van der Waals surface area contributed by atoms with Crippen molar-refractivity contribution in [2.45, 2.75) is 12.8 Å². The fraction of sp³-hybridized carbons (Fsp3) is 0.467. The lowest BCUT2D eigenvalue weighted by Crippen LogP contribution is -2.40. The third kappa shape index (κ3) is 3.00. The number of hydrogen-bond donors (Lipinski definition) is 1. The zero-order valence-corrected chi connectivity index (χ0v) is 11.7. The second-order valence-corrected chi connectivity index (χ2v) is 5.44. The first-order chi connectivity index (χ1) is 10.1. The molecule has 1 aromatic rings. The number of amides is 1. The minimum atomic E-state index is -0.239. The Bertz CT molecular complexity index is 565. The number of primary amides is 1. The fourth-order valence-corrected chi connectivity index (χ4v) is 2.74.